The van der Waals surface area contributed by atoms with Gasteiger partial charge in [0.2, 0.25) is 0 Å². The van der Waals surface area contributed by atoms with Gasteiger partial charge in [-0.05, 0) is 31.0 Å². The van der Waals surface area contributed by atoms with Crippen LogP contribution >= 0.6 is 11.6 Å². The summed E-state index contributed by atoms with van der Waals surface area (Å²) in [5, 5.41) is 12.4. The van der Waals surface area contributed by atoms with Crippen LogP contribution in [0.5, 0.6) is 0 Å². The predicted molar refractivity (Wildman–Crippen MR) is 60.8 cm³/mol. The van der Waals surface area contributed by atoms with Gasteiger partial charge in [-0.1, -0.05) is 11.6 Å². The molecule has 0 spiro atoms. The number of nitrogens with one attached hydrogen (secondary N) is 1. The third-order valence-electron chi connectivity index (χ3n) is 1.99. The Hall–Kier alpha value is -0.930. The van der Waals surface area contributed by atoms with Crippen LogP contribution in [0.2, 0.25) is 5.02 Å². The third kappa shape index (κ3) is 2.79. The average molecular weight is 215 g/mol. The molecule has 0 fully saturated rings. The lowest BCUT2D eigenvalue weighted by molar-refractivity contribution is 0.292. The van der Waals surface area contributed by atoms with Crippen LogP contribution in [0, 0.1) is 6.92 Å². The van der Waals surface area contributed by atoms with Gasteiger partial charge in [-0.3, -0.25) is 0 Å². The molecule has 0 aliphatic carbocycles. The molecule has 0 bridgehead atoms. The summed E-state index contributed by atoms with van der Waals surface area (Å²) in [7, 11) is 0. The molecule has 78 valence electrons. The van der Waals surface area contributed by atoms with Crippen LogP contribution in [-0.2, 0) is 0 Å². The van der Waals surface area contributed by atoms with E-state index in [0.717, 1.165) is 24.2 Å². The maximum atomic E-state index is 8.63. The first kappa shape index (κ1) is 11.1. The quantitative estimate of drug-likeness (QED) is 0.531. The summed E-state index contributed by atoms with van der Waals surface area (Å²) in [6.45, 7) is 2.89. The van der Waals surface area contributed by atoms with Gasteiger partial charge in [-0.15, -0.1) is 0 Å². The van der Waals surface area contributed by atoms with Crippen LogP contribution in [0.4, 0.5) is 11.4 Å². The second-order valence-corrected chi connectivity index (χ2v) is 3.60. The van der Waals surface area contributed by atoms with Crippen molar-refractivity contribution in [3.63, 3.8) is 0 Å². The summed E-state index contributed by atoms with van der Waals surface area (Å²) in [6, 6.07) is 3.65. The molecule has 0 saturated carbocycles. The van der Waals surface area contributed by atoms with Gasteiger partial charge in [0, 0.05) is 18.8 Å². The molecule has 1 aromatic rings. The van der Waals surface area contributed by atoms with E-state index in [9.17, 15) is 0 Å². The van der Waals surface area contributed by atoms with Crippen molar-refractivity contribution < 1.29 is 5.11 Å². The Bertz CT molecular complexity index is 315. The largest absolute Gasteiger partial charge is 0.398 e. The number of anilines is 2. The Morgan fingerprint density at radius 3 is 2.86 bits per heavy atom. The number of nitrogen functional groups attached to an aromatic ring is 1. The van der Waals surface area contributed by atoms with Crippen LogP contribution in [0.1, 0.15) is 12.0 Å². The Morgan fingerprint density at radius 1 is 1.50 bits per heavy atom. The van der Waals surface area contributed by atoms with E-state index in [-0.39, 0.29) is 6.61 Å². The molecule has 1 rings (SSSR count). The minimum atomic E-state index is 0.189. The molecule has 0 aliphatic rings. The molecule has 0 atom stereocenters. The zero-order valence-electron chi connectivity index (χ0n) is 8.18. The molecule has 0 heterocycles. The number of aryl methyl sites for hydroxylation is 1. The molecule has 0 radical (unpaired) electrons. The summed E-state index contributed by atoms with van der Waals surface area (Å²) < 4.78 is 0. The lowest BCUT2D eigenvalue weighted by Gasteiger charge is -2.10. The molecule has 0 aromatic heterocycles. The van der Waals surface area contributed by atoms with E-state index in [1.54, 1.807) is 0 Å². The maximum absolute atomic E-state index is 8.63. The first-order chi connectivity index (χ1) is 6.65. The highest BCUT2D eigenvalue weighted by Crippen LogP contribution is 2.26. The highest BCUT2D eigenvalue weighted by Gasteiger charge is 2.02. The van der Waals surface area contributed by atoms with Crippen molar-refractivity contribution in [1.29, 1.82) is 0 Å². The van der Waals surface area contributed by atoms with E-state index in [4.69, 9.17) is 22.4 Å². The molecule has 0 amide bonds. The van der Waals surface area contributed by atoms with Crippen LogP contribution in [-0.4, -0.2) is 18.3 Å². The summed E-state index contributed by atoms with van der Waals surface area (Å²) in [4.78, 5) is 0. The molecule has 0 unspecified atom stereocenters. The summed E-state index contributed by atoms with van der Waals surface area (Å²) in [5.74, 6) is 0. The van der Waals surface area contributed by atoms with Crippen LogP contribution in [0.15, 0.2) is 12.1 Å². The molecule has 0 saturated heterocycles. The highest BCUT2D eigenvalue weighted by atomic mass is 35.5. The fourth-order valence-corrected chi connectivity index (χ4v) is 1.36. The second kappa shape index (κ2) is 5.08. The lowest BCUT2D eigenvalue weighted by Crippen LogP contribution is -2.05. The number of hydrogen-bond acceptors (Lipinski definition) is 3. The van der Waals surface area contributed by atoms with Gasteiger partial charge < -0.3 is 16.2 Å². The predicted octanol–water partition coefficient (Wildman–Crippen LogP) is 2.02. The minimum absolute atomic E-state index is 0.189. The number of aliphatic hydroxyl groups is 1. The second-order valence-electron chi connectivity index (χ2n) is 3.19. The maximum Gasteiger partial charge on any atom is 0.0656 e. The Balaban J connectivity index is 2.72. The van der Waals surface area contributed by atoms with Gasteiger partial charge in [-0.2, -0.15) is 0 Å². The number of halogens is 1. The number of nitrogens with two attached hydrogens (primary N) is 1. The van der Waals surface area contributed by atoms with E-state index in [1.165, 1.54) is 0 Å². The molecular formula is C10H15ClN2O. The fourth-order valence-electron chi connectivity index (χ4n) is 1.20. The summed E-state index contributed by atoms with van der Waals surface area (Å²) in [6.07, 6.45) is 0.724. The minimum Gasteiger partial charge on any atom is -0.398 e. The molecular weight excluding hydrogens is 200 g/mol. The van der Waals surface area contributed by atoms with E-state index in [2.05, 4.69) is 5.32 Å². The summed E-state index contributed by atoms with van der Waals surface area (Å²) >= 11 is 5.88. The normalized spacial score (nSPS) is 10.2. The molecule has 14 heavy (non-hydrogen) atoms. The first-order valence-corrected chi connectivity index (χ1v) is 4.93. The van der Waals surface area contributed by atoms with E-state index >= 15 is 0 Å². The number of aliphatic hydroxyl groups excluding tert-OH is 1. The SMILES string of the molecule is Cc1cc(N)c(Cl)cc1NCCCO. The molecule has 0 aliphatic heterocycles. The third-order valence-corrected chi connectivity index (χ3v) is 2.32. The lowest BCUT2D eigenvalue weighted by atomic mass is 10.2. The molecule has 3 nitrogen and oxygen atoms in total. The van der Waals surface area contributed by atoms with Crippen LogP contribution in [0.3, 0.4) is 0 Å². The summed E-state index contributed by atoms with van der Waals surface area (Å²) in [5.41, 5.74) is 8.27. The number of rotatable bonds is 4. The van der Waals surface area contributed by atoms with Crippen molar-refractivity contribution in [2.45, 2.75) is 13.3 Å². The molecule has 1 aromatic carbocycles. The van der Waals surface area contributed by atoms with Crippen LogP contribution in [0.25, 0.3) is 0 Å². The zero-order chi connectivity index (χ0) is 10.6. The molecule has 4 heteroatoms. The van der Waals surface area contributed by atoms with E-state index < -0.39 is 0 Å². The number of hydrogen-bond donors (Lipinski definition) is 3. The van der Waals surface area contributed by atoms with Gasteiger partial charge in [0.25, 0.3) is 0 Å². The van der Waals surface area contributed by atoms with E-state index in [1.807, 2.05) is 19.1 Å². The molecule has 4 N–H and O–H groups in total. The van der Waals surface area contributed by atoms with Gasteiger partial charge in [0.05, 0.1) is 10.7 Å². The number of benzene rings is 1. The first-order valence-electron chi connectivity index (χ1n) is 4.55. The van der Waals surface area contributed by atoms with Crippen molar-refractivity contribution >= 4 is 23.0 Å². The van der Waals surface area contributed by atoms with Gasteiger partial charge in [-0.25, -0.2) is 0 Å². The Morgan fingerprint density at radius 2 is 2.21 bits per heavy atom. The van der Waals surface area contributed by atoms with Crippen molar-refractivity contribution in [3.8, 4) is 0 Å². The Labute approximate surface area is 88.9 Å². The van der Waals surface area contributed by atoms with Crippen molar-refractivity contribution in [3.05, 3.63) is 22.7 Å². The fraction of sp³-hybridized carbons (Fsp3) is 0.400. The van der Waals surface area contributed by atoms with Gasteiger partial charge >= 0.3 is 0 Å². The van der Waals surface area contributed by atoms with Crippen molar-refractivity contribution in [1.82, 2.24) is 0 Å². The van der Waals surface area contributed by atoms with Crippen molar-refractivity contribution in [2.75, 3.05) is 24.2 Å². The van der Waals surface area contributed by atoms with Crippen molar-refractivity contribution in [2.24, 2.45) is 0 Å². The van der Waals surface area contributed by atoms with Gasteiger partial charge in [0.15, 0.2) is 0 Å². The highest BCUT2D eigenvalue weighted by molar-refractivity contribution is 6.33. The standard InChI is InChI=1S/C10H15ClN2O/c1-7-5-9(12)8(11)6-10(7)13-3-2-4-14/h5-6,13-14H,2-4,12H2,1H3. The van der Waals surface area contributed by atoms with Crippen LogP contribution < -0.4 is 11.1 Å². The average Bonchev–Trinajstić information content (AvgIpc) is 2.14. The zero-order valence-corrected chi connectivity index (χ0v) is 8.93. The Kier molecular flexibility index (Phi) is 4.04. The monoisotopic (exact) mass is 214 g/mol. The van der Waals surface area contributed by atoms with E-state index in [0.29, 0.717) is 10.7 Å². The smallest absolute Gasteiger partial charge is 0.0656 e. The van der Waals surface area contributed by atoms with Gasteiger partial charge in [0.1, 0.15) is 0 Å². The topological polar surface area (TPSA) is 58.3 Å².